The van der Waals surface area contributed by atoms with Crippen molar-refractivity contribution in [1.82, 2.24) is 19.7 Å². The molecule has 6 nitrogen and oxygen atoms in total. The average molecular weight is 290 g/mol. The highest BCUT2D eigenvalue weighted by Gasteiger charge is 2.23. The number of hydrogen-bond acceptors (Lipinski definition) is 5. The van der Waals surface area contributed by atoms with Crippen molar-refractivity contribution in [2.45, 2.75) is 20.0 Å². The first-order valence-electron chi connectivity index (χ1n) is 7.19. The third kappa shape index (κ3) is 1.83. The second-order valence-electron chi connectivity index (χ2n) is 5.39. The monoisotopic (exact) mass is 290 g/mol. The summed E-state index contributed by atoms with van der Waals surface area (Å²) < 4.78 is 2.13. The van der Waals surface area contributed by atoms with Gasteiger partial charge < -0.3 is 9.47 Å². The Morgan fingerprint density at radius 2 is 2.05 bits per heavy atom. The zero-order chi connectivity index (χ0) is 15.1. The van der Waals surface area contributed by atoms with E-state index in [0.29, 0.717) is 12.1 Å². The van der Waals surface area contributed by atoms with Crippen LogP contribution >= 0.6 is 0 Å². The molecule has 1 aromatic carbocycles. The number of anilines is 1. The average Bonchev–Trinajstić information content (AvgIpc) is 2.94. The minimum absolute atomic E-state index is 0.600. The van der Waals surface area contributed by atoms with Gasteiger partial charge in [-0.15, -0.1) is 10.2 Å². The summed E-state index contributed by atoms with van der Waals surface area (Å²) in [6, 6.07) is 10.2. The number of nitrogens with zero attached hydrogens (tertiary/aromatic N) is 6. The van der Waals surface area contributed by atoms with Gasteiger partial charge in [0.1, 0.15) is 11.9 Å². The second kappa shape index (κ2) is 4.81. The van der Waals surface area contributed by atoms with Gasteiger partial charge in [0, 0.05) is 24.7 Å². The molecule has 0 atom stereocenters. The molecule has 3 aromatic rings. The van der Waals surface area contributed by atoms with Crippen molar-refractivity contribution in [3.63, 3.8) is 0 Å². The summed E-state index contributed by atoms with van der Waals surface area (Å²) in [5, 5.41) is 18.8. The van der Waals surface area contributed by atoms with E-state index in [1.54, 1.807) is 6.20 Å². The van der Waals surface area contributed by atoms with Crippen LogP contribution in [0, 0.1) is 18.3 Å². The van der Waals surface area contributed by atoms with Crippen LogP contribution in [0.4, 0.5) is 5.69 Å². The first-order chi connectivity index (χ1) is 10.8. The van der Waals surface area contributed by atoms with Gasteiger partial charge >= 0.3 is 0 Å². The van der Waals surface area contributed by atoms with Crippen LogP contribution in [-0.4, -0.2) is 26.3 Å². The van der Waals surface area contributed by atoms with Crippen molar-refractivity contribution in [3.05, 3.63) is 47.7 Å². The van der Waals surface area contributed by atoms with Crippen LogP contribution in [0.25, 0.3) is 10.9 Å². The zero-order valence-electron chi connectivity index (χ0n) is 12.2. The summed E-state index contributed by atoms with van der Waals surface area (Å²) >= 11 is 0. The molecule has 0 amide bonds. The van der Waals surface area contributed by atoms with Crippen molar-refractivity contribution < 1.29 is 0 Å². The summed E-state index contributed by atoms with van der Waals surface area (Å²) in [6.45, 7) is 4.28. The quantitative estimate of drug-likeness (QED) is 0.685. The van der Waals surface area contributed by atoms with Crippen LogP contribution in [0.3, 0.4) is 0 Å². The van der Waals surface area contributed by atoms with Gasteiger partial charge in [0.25, 0.3) is 0 Å². The van der Waals surface area contributed by atoms with E-state index in [4.69, 9.17) is 0 Å². The van der Waals surface area contributed by atoms with E-state index in [-0.39, 0.29) is 0 Å². The van der Waals surface area contributed by atoms with Gasteiger partial charge in [0.05, 0.1) is 23.3 Å². The first-order valence-corrected chi connectivity index (χ1v) is 7.19. The van der Waals surface area contributed by atoms with Crippen LogP contribution in [0.1, 0.15) is 17.2 Å². The fourth-order valence-electron chi connectivity index (χ4n) is 3.04. The molecule has 2 aromatic heterocycles. The van der Waals surface area contributed by atoms with E-state index in [0.717, 1.165) is 41.3 Å². The Hall–Kier alpha value is -2.94. The van der Waals surface area contributed by atoms with E-state index in [2.05, 4.69) is 30.7 Å². The highest BCUT2D eigenvalue weighted by molar-refractivity contribution is 5.94. The molecule has 0 fully saturated rings. The molecule has 22 heavy (non-hydrogen) atoms. The van der Waals surface area contributed by atoms with Gasteiger partial charge in [-0.1, -0.05) is 18.2 Å². The zero-order valence-corrected chi connectivity index (χ0v) is 12.2. The normalized spacial score (nSPS) is 13.9. The van der Waals surface area contributed by atoms with Crippen LogP contribution < -0.4 is 4.90 Å². The second-order valence-corrected chi connectivity index (χ2v) is 5.39. The molecule has 0 spiro atoms. The molecule has 0 N–H and O–H groups in total. The predicted octanol–water partition coefficient (Wildman–Crippen LogP) is 2.03. The Bertz CT molecular complexity index is 905. The number of aryl methyl sites for hydroxylation is 1. The summed E-state index contributed by atoms with van der Waals surface area (Å²) in [7, 11) is 0. The molecule has 6 heteroatoms. The Kier molecular flexibility index (Phi) is 2.79. The fraction of sp³-hybridized carbons (Fsp3) is 0.250. The first kappa shape index (κ1) is 12.8. The molecule has 3 heterocycles. The molecule has 108 valence electrons. The topological polar surface area (TPSA) is 70.6 Å². The SMILES string of the molecule is Cc1nnc2n1CCN(c1c(C#N)cnc3ccccc13)C2. The predicted molar refractivity (Wildman–Crippen MR) is 82.3 cm³/mol. The van der Waals surface area contributed by atoms with Crippen LogP contribution in [0.15, 0.2) is 30.5 Å². The molecule has 1 aliphatic rings. The lowest BCUT2D eigenvalue weighted by atomic mass is 10.1. The van der Waals surface area contributed by atoms with Crippen molar-refractivity contribution in [3.8, 4) is 6.07 Å². The lowest BCUT2D eigenvalue weighted by Crippen LogP contribution is -2.34. The molecule has 0 radical (unpaired) electrons. The molecule has 0 aliphatic carbocycles. The highest BCUT2D eigenvalue weighted by Crippen LogP contribution is 2.31. The van der Waals surface area contributed by atoms with E-state index in [1.165, 1.54) is 0 Å². The molecular formula is C16H14N6. The summed E-state index contributed by atoms with van der Waals surface area (Å²) in [5.74, 6) is 1.88. The van der Waals surface area contributed by atoms with Crippen molar-refractivity contribution in [1.29, 1.82) is 5.26 Å². The fourth-order valence-corrected chi connectivity index (χ4v) is 3.04. The van der Waals surface area contributed by atoms with E-state index >= 15 is 0 Å². The van der Waals surface area contributed by atoms with Gasteiger partial charge in [0.2, 0.25) is 0 Å². The largest absolute Gasteiger partial charge is 0.361 e. The number of benzene rings is 1. The maximum absolute atomic E-state index is 9.46. The Morgan fingerprint density at radius 3 is 2.91 bits per heavy atom. The number of para-hydroxylation sites is 1. The maximum Gasteiger partial charge on any atom is 0.152 e. The maximum atomic E-state index is 9.46. The van der Waals surface area contributed by atoms with Crippen LogP contribution in [0.2, 0.25) is 0 Å². The molecule has 0 bridgehead atoms. The molecule has 0 saturated carbocycles. The number of fused-ring (bicyclic) bond motifs is 2. The third-order valence-electron chi connectivity index (χ3n) is 4.12. The van der Waals surface area contributed by atoms with E-state index in [9.17, 15) is 5.26 Å². The smallest absolute Gasteiger partial charge is 0.152 e. The molecule has 0 saturated heterocycles. The standard InChI is InChI=1S/C16H14N6/c1-11-19-20-15-10-21(6-7-22(11)15)16-12(8-17)9-18-14-5-3-2-4-13(14)16/h2-5,9H,6-7,10H2,1H3. The van der Waals surface area contributed by atoms with Gasteiger partial charge in [-0.25, -0.2) is 0 Å². The van der Waals surface area contributed by atoms with Crippen molar-refractivity contribution in [2.75, 3.05) is 11.4 Å². The number of aromatic nitrogens is 4. The molecule has 1 aliphatic heterocycles. The van der Waals surface area contributed by atoms with Crippen LogP contribution in [-0.2, 0) is 13.1 Å². The summed E-state index contributed by atoms with van der Waals surface area (Å²) in [5.41, 5.74) is 2.45. The number of pyridine rings is 1. The van der Waals surface area contributed by atoms with Gasteiger partial charge in [-0.2, -0.15) is 5.26 Å². The van der Waals surface area contributed by atoms with Crippen molar-refractivity contribution in [2.24, 2.45) is 0 Å². The van der Waals surface area contributed by atoms with Gasteiger partial charge in [-0.05, 0) is 13.0 Å². The summed E-state index contributed by atoms with van der Waals surface area (Å²) in [6.07, 6.45) is 1.66. The molecule has 0 unspecified atom stereocenters. The van der Waals surface area contributed by atoms with Gasteiger partial charge in [-0.3, -0.25) is 4.98 Å². The number of rotatable bonds is 1. The number of hydrogen-bond donors (Lipinski definition) is 0. The summed E-state index contributed by atoms with van der Waals surface area (Å²) in [4.78, 5) is 6.57. The molecular weight excluding hydrogens is 276 g/mol. The molecule has 4 rings (SSSR count). The van der Waals surface area contributed by atoms with E-state index < -0.39 is 0 Å². The lowest BCUT2D eigenvalue weighted by molar-refractivity contribution is 0.551. The highest BCUT2D eigenvalue weighted by atomic mass is 15.3. The van der Waals surface area contributed by atoms with Crippen molar-refractivity contribution >= 4 is 16.6 Å². The lowest BCUT2D eigenvalue weighted by Gasteiger charge is -2.30. The third-order valence-corrected chi connectivity index (χ3v) is 4.12. The number of nitriles is 1. The van der Waals surface area contributed by atoms with Gasteiger partial charge in [0.15, 0.2) is 5.82 Å². The minimum atomic E-state index is 0.600. The van der Waals surface area contributed by atoms with Crippen LogP contribution in [0.5, 0.6) is 0 Å². The minimum Gasteiger partial charge on any atom is -0.361 e. The van der Waals surface area contributed by atoms with E-state index in [1.807, 2.05) is 31.2 Å². The Morgan fingerprint density at radius 1 is 1.18 bits per heavy atom. The Labute approximate surface area is 127 Å². The Balaban J connectivity index is 1.86.